The van der Waals surface area contributed by atoms with Crippen molar-refractivity contribution in [2.45, 2.75) is 0 Å². The van der Waals surface area contributed by atoms with Crippen LogP contribution in [0.2, 0.25) is 0 Å². The van der Waals surface area contributed by atoms with Gasteiger partial charge in [0, 0.05) is 59.3 Å². The molecule has 10 nitrogen and oxygen atoms in total. The van der Waals surface area contributed by atoms with E-state index in [-0.39, 0.29) is 22.0 Å². The molecule has 1 aromatic heterocycles. The Morgan fingerprint density at radius 2 is 1.94 bits per heavy atom. The number of methoxy groups -OCH3 is 1. The molecule has 0 aliphatic carbocycles. The molecule has 0 spiro atoms. The molecule has 2 heterocycles. The second-order valence-corrected chi connectivity index (χ2v) is 8.41. The summed E-state index contributed by atoms with van der Waals surface area (Å²) in [4.78, 5) is 25.5. The molecule has 1 aliphatic rings. The molecule has 5 N–H and O–H groups in total. The average molecular weight is 493 g/mol. The van der Waals surface area contributed by atoms with E-state index >= 15 is 0 Å². The number of benzene rings is 2. The maximum absolute atomic E-state index is 11.8. The van der Waals surface area contributed by atoms with Gasteiger partial charge in [-0.3, -0.25) is 4.79 Å². The van der Waals surface area contributed by atoms with Crippen molar-refractivity contribution in [2.24, 2.45) is 0 Å². The first-order valence-electron chi connectivity index (χ1n) is 11.5. The summed E-state index contributed by atoms with van der Waals surface area (Å²) in [5.74, 6) is 0.598. The fourth-order valence-electron chi connectivity index (χ4n) is 4.03. The number of anilines is 5. The highest BCUT2D eigenvalue weighted by atomic mass is 16.5. The zero-order chi connectivity index (χ0) is 25.7. The Bertz CT molecular complexity index is 1300. The van der Waals surface area contributed by atoms with Crippen LogP contribution in [0.5, 0.6) is 5.75 Å². The molecule has 10 heteroatoms. The van der Waals surface area contributed by atoms with Crippen molar-refractivity contribution in [3.05, 3.63) is 60.7 Å². The zero-order valence-corrected chi connectivity index (χ0v) is 20.4. The van der Waals surface area contributed by atoms with Crippen molar-refractivity contribution in [1.29, 1.82) is 5.41 Å². The highest BCUT2D eigenvalue weighted by Gasteiger charge is 2.19. The minimum Gasteiger partial charge on any atom is -0.496 e. The topological polar surface area (TPSA) is 132 Å². The summed E-state index contributed by atoms with van der Waals surface area (Å²) in [6.45, 7) is 7.43. The van der Waals surface area contributed by atoms with Crippen LogP contribution in [0.4, 0.5) is 28.8 Å². The zero-order valence-electron chi connectivity index (χ0n) is 20.4. The third-order valence-corrected chi connectivity index (χ3v) is 6.00. The molecule has 192 valence electrons. The molecule has 4 rings (SSSR count). The molecule has 1 fully saturated rings. The number of rotatable bonds is 8. The monoisotopic (exact) mass is 492 g/mol. The molecular weight excluding hydrogens is 456 g/mol. The largest absolute Gasteiger partial charge is 0.496 e. The molecule has 2 aromatic carbocycles. The van der Waals surface area contributed by atoms with Gasteiger partial charge in [-0.25, -0.2) is 4.98 Å². The SMILES string of the molecule is C=CC(=O)Nc1ccc(OC)c(-c2nc(Nc3cccc(N4CCN(C)CC4)c3)nc(N)c2C=N)c1.[HH].[HH].[HH]. The van der Waals surface area contributed by atoms with Gasteiger partial charge in [0.2, 0.25) is 11.9 Å². The second kappa shape index (κ2) is 10.9. The van der Waals surface area contributed by atoms with Crippen LogP contribution >= 0.6 is 0 Å². The van der Waals surface area contributed by atoms with Crippen molar-refractivity contribution in [3.8, 4) is 17.0 Å². The Morgan fingerprint density at radius 3 is 2.64 bits per heavy atom. The quantitative estimate of drug-likeness (QED) is 0.273. The first-order valence-corrected chi connectivity index (χ1v) is 11.5. The lowest BCUT2D eigenvalue weighted by Crippen LogP contribution is -2.44. The molecule has 0 radical (unpaired) electrons. The van der Waals surface area contributed by atoms with Gasteiger partial charge < -0.3 is 36.3 Å². The molecule has 36 heavy (non-hydrogen) atoms. The van der Waals surface area contributed by atoms with Crippen LogP contribution in [-0.4, -0.2) is 67.3 Å². The summed E-state index contributed by atoms with van der Waals surface area (Å²) in [6.07, 6.45) is 2.30. The average Bonchev–Trinajstić information content (AvgIpc) is 2.89. The number of nitrogen functional groups attached to an aromatic ring is 1. The van der Waals surface area contributed by atoms with E-state index in [0.29, 0.717) is 28.3 Å². The lowest BCUT2D eigenvalue weighted by atomic mass is 10.0. The summed E-state index contributed by atoms with van der Waals surface area (Å²) in [5, 5.41) is 13.9. The normalized spacial score (nSPS) is 13.7. The van der Waals surface area contributed by atoms with Crippen molar-refractivity contribution in [3.63, 3.8) is 0 Å². The number of nitrogens with two attached hydrogens (primary N) is 1. The number of nitrogens with zero attached hydrogens (tertiary/aromatic N) is 4. The van der Waals surface area contributed by atoms with E-state index in [9.17, 15) is 4.79 Å². The van der Waals surface area contributed by atoms with Gasteiger partial charge in [-0.1, -0.05) is 12.6 Å². The lowest BCUT2D eigenvalue weighted by Gasteiger charge is -2.34. The molecule has 1 amide bonds. The predicted molar refractivity (Wildman–Crippen MR) is 151 cm³/mol. The van der Waals surface area contributed by atoms with Crippen LogP contribution in [0.3, 0.4) is 0 Å². The fourth-order valence-corrected chi connectivity index (χ4v) is 4.03. The summed E-state index contributed by atoms with van der Waals surface area (Å²) in [7, 11) is 3.67. The van der Waals surface area contributed by atoms with Crippen LogP contribution in [0.15, 0.2) is 55.1 Å². The number of aromatic nitrogens is 2. The van der Waals surface area contributed by atoms with Gasteiger partial charge in [0.05, 0.1) is 18.4 Å². The lowest BCUT2D eigenvalue weighted by molar-refractivity contribution is -0.111. The van der Waals surface area contributed by atoms with Crippen LogP contribution in [0, 0.1) is 5.41 Å². The van der Waals surface area contributed by atoms with Gasteiger partial charge in [0.25, 0.3) is 0 Å². The van der Waals surface area contributed by atoms with Gasteiger partial charge >= 0.3 is 0 Å². The van der Waals surface area contributed by atoms with Crippen molar-refractivity contribution >= 4 is 41.0 Å². The van der Waals surface area contributed by atoms with E-state index in [1.807, 2.05) is 12.1 Å². The molecule has 3 aromatic rings. The minimum atomic E-state index is -0.344. The highest BCUT2D eigenvalue weighted by molar-refractivity contribution is 6.00. The Balaban J connectivity index is 0.00000253. The van der Waals surface area contributed by atoms with E-state index < -0.39 is 0 Å². The fraction of sp³-hybridized carbons (Fsp3) is 0.231. The Hall–Kier alpha value is -4.44. The molecule has 0 unspecified atom stereocenters. The maximum Gasteiger partial charge on any atom is 0.247 e. The summed E-state index contributed by atoms with van der Waals surface area (Å²) in [6, 6.07) is 13.2. The Morgan fingerprint density at radius 1 is 1.17 bits per heavy atom. The first-order chi connectivity index (χ1) is 17.4. The first kappa shape index (κ1) is 24.7. The van der Waals surface area contributed by atoms with Crippen molar-refractivity contribution < 1.29 is 13.8 Å². The number of nitrogens with one attached hydrogen (secondary N) is 3. The Labute approximate surface area is 214 Å². The Kier molecular flexibility index (Phi) is 7.45. The van der Waals surface area contributed by atoms with E-state index in [0.717, 1.165) is 43.8 Å². The maximum atomic E-state index is 11.8. The molecule has 0 bridgehead atoms. The number of amides is 1. The number of hydrogen-bond acceptors (Lipinski definition) is 9. The molecule has 1 saturated heterocycles. The van der Waals surface area contributed by atoms with Crippen LogP contribution < -0.4 is 26.0 Å². The van der Waals surface area contributed by atoms with Gasteiger partial charge in [-0.05, 0) is 49.5 Å². The van der Waals surface area contributed by atoms with Gasteiger partial charge in [-0.2, -0.15) is 4.98 Å². The minimum absolute atomic E-state index is 0. The molecule has 0 atom stereocenters. The number of likely N-dealkylation sites (N-methyl/N-ethyl adjacent to an activating group) is 1. The van der Waals surface area contributed by atoms with E-state index in [1.165, 1.54) is 6.08 Å². The number of hydrogen-bond donors (Lipinski definition) is 4. The number of ether oxygens (including phenoxy) is 1. The predicted octanol–water partition coefficient (Wildman–Crippen LogP) is 4.09. The summed E-state index contributed by atoms with van der Waals surface area (Å²) >= 11 is 0. The molecular formula is C26H36N8O2. The number of carbonyl (C=O) groups excluding carboxylic acids is 1. The standard InChI is InChI=1S/C26H30N8O2.3H2/c1-4-23(35)29-18-8-9-22(36-3)20(15-18)24-21(16-27)25(28)32-26(31-24)30-17-6-5-7-19(14-17)34-12-10-33(2)11-13-34;;;/h4-9,14-16,27H,1,10-13H2,2-3H3,(H,29,35)(H3,28,30,31,32);3*1H. The number of piperazine rings is 1. The smallest absolute Gasteiger partial charge is 0.247 e. The summed E-state index contributed by atoms with van der Waals surface area (Å²) < 4.78 is 5.54. The van der Waals surface area contributed by atoms with Crippen LogP contribution in [0.1, 0.15) is 9.84 Å². The van der Waals surface area contributed by atoms with Gasteiger partial charge in [0.15, 0.2) is 0 Å². The third-order valence-electron chi connectivity index (χ3n) is 6.00. The van der Waals surface area contributed by atoms with E-state index in [4.69, 9.17) is 15.9 Å². The van der Waals surface area contributed by atoms with Crippen LogP contribution in [-0.2, 0) is 4.79 Å². The summed E-state index contributed by atoms with van der Waals surface area (Å²) in [5.41, 5.74) is 10.0. The van der Waals surface area contributed by atoms with Gasteiger partial charge in [0.1, 0.15) is 11.6 Å². The second-order valence-electron chi connectivity index (χ2n) is 8.41. The third kappa shape index (κ3) is 5.44. The molecule has 0 saturated carbocycles. The van der Waals surface area contributed by atoms with E-state index in [1.54, 1.807) is 25.3 Å². The van der Waals surface area contributed by atoms with Crippen molar-refractivity contribution in [1.82, 2.24) is 14.9 Å². The van der Waals surface area contributed by atoms with Crippen molar-refractivity contribution in [2.75, 3.05) is 61.6 Å². The molecule has 1 aliphatic heterocycles. The van der Waals surface area contributed by atoms with Gasteiger partial charge in [-0.15, -0.1) is 0 Å². The van der Waals surface area contributed by atoms with Crippen LogP contribution in [0.25, 0.3) is 11.3 Å². The van der Waals surface area contributed by atoms with E-state index in [2.05, 4.69) is 56.2 Å². The highest BCUT2D eigenvalue weighted by Crippen LogP contribution is 2.35. The number of carbonyl (C=O) groups is 1.